The molecular formula is C51H34N4. The predicted octanol–water partition coefficient (Wildman–Crippen LogP) is 13.0. The first-order valence-electron chi connectivity index (χ1n) is 23.5. The Morgan fingerprint density at radius 3 is 1.44 bits per heavy atom. The molecule has 4 heteroatoms. The number of rotatable bonds is 7. The van der Waals surface area contributed by atoms with Crippen LogP contribution in [0.5, 0.6) is 0 Å². The zero-order valence-electron chi connectivity index (χ0n) is 41.0. The van der Waals surface area contributed by atoms with E-state index in [0.717, 1.165) is 37.9 Å². The van der Waals surface area contributed by atoms with Gasteiger partial charge in [0, 0.05) is 33.2 Å². The van der Waals surface area contributed by atoms with Gasteiger partial charge in [0.2, 0.25) is 0 Å². The minimum absolute atomic E-state index is 0.00597. The van der Waals surface area contributed by atoms with Crippen LogP contribution in [0.4, 0.5) is 0 Å². The van der Waals surface area contributed by atoms with Crippen molar-refractivity contribution < 1.29 is 16.4 Å². The zero-order chi connectivity index (χ0) is 47.0. The highest BCUT2D eigenvalue weighted by Gasteiger charge is 2.15. The second-order valence-corrected chi connectivity index (χ2v) is 12.8. The first-order chi connectivity index (χ1) is 32.2. The van der Waals surface area contributed by atoms with Gasteiger partial charge in [-0.3, -0.25) is 0 Å². The van der Waals surface area contributed by atoms with Gasteiger partial charge in [-0.1, -0.05) is 170 Å². The van der Waals surface area contributed by atoms with Crippen LogP contribution in [0.3, 0.4) is 0 Å². The van der Waals surface area contributed by atoms with Crippen molar-refractivity contribution in [3.05, 3.63) is 206 Å². The van der Waals surface area contributed by atoms with E-state index in [1.54, 1.807) is 18.2 Å². The highest BCUT2D eigenvalue weighted by Crippen LogP contribution is 2.36. The van der Waals surface area contributed by atoms with E-state index < -0.39 is 72.2 Å². The highest BCUT2D eigenvalue weighted by molar-refractivity contribution is 6.10. The van der Waals surface area contributed by atoms with Crippen molar-refractivity contribution in [1.82, 2.24) is 19.5 Å². The molecule has 0 saturated heterocycles. The van der Waals surface area contributed by atoms with Crippen molar-refractivity contribution in [2.75, 3.05) is 0 Å². The van der Waals surface area contributed by atoms with E-state index in [2.05, 4.69) is 12.1 Å². The topological polar surface area (TPSA) is 43.6 Å². The van der Waals surface area contributed by atoms with Gasteiger partial charge >= 0.3 is 0 Å². The largest absolute Gasteiger partial charge is 0.309 e. The lowest BCUT2D eigenvalue weighted by Crippen LogP contribution is -2.00. The van der Waals surface area contributed by atoms with E-state index in [1.165, 1.54) is 0 Å². The van der Waals surface area contributed by atoms with Gasteiger partial charge in [0.25, 0.3) is 0 Å². The molecule has 10 aromatic rings. The van der Waals surface area contributed by atoms with Crippen LogP contribution in [0.2, 0.25) is 0 Å². The van der Waals surface area contributed by atoms with Crippen LogP contribution in [0.15, 0.2) is 206 Å². The quantitative estimate of drug-likeness (QED) is 0.165. The molecule has 0 N–H and O–H groups in total. The lowest BCUT2D eigenvalue weighted by molar-refractivity contribution is 1.07. The number of hydrogen-bond acceptors (Lipinski definition) is 3. The number of benzene rings is 8. The summed E-state index contributed by atoms with van der Waals surface area (Å²) >= 11 is 0. The fraction of sp³-hybridized carbons (Fsp3) is 0. The summed E-state index contributed by atoms with van der Waals surface area (Å²) in [4.78, 5) is 14.7. The Hall–Kier alpha value is -7.43. The summed E-state index contributed by atoms with van der Waals surface area (Å²) in [5.41, 5.74) is 5.40. The average molecular weight is 715 g/mol. The first kappa shape index (κ1) is 21.9. The van der Waals surface area contributed by atoms with Crippen LogP contribution in [0.1, 0.15) is 16.4 Å². The van der Waals surface area contributed by atoms with Crippen molar-refractivity contribution in [2.24, 2.45) is 0 Å². The molecule has 0 aliphatic rings. The number of aromatic nitrogens is 4. The number of hydrogen-bond donors (Lipinski definition) is 0. The molecule has 0 aliphatic carbocycles. The smallest absolute Gasteiger partial charge is 0.164 e. The molecule has 0 bridgehead atoms. The van der Waals surface area contributed by atoms with Gasteiger partial charge in [0.1, 0.15) is 0 Å². The standard InChI is InChI=1S/C51H34N4/c1-4-13-35(14-5-1)36-23-27-39(28-24-36)50-52-49(38-15-6-2-7-16-38)53-51(54-50)40-29-25-37(26-30-40)41-17-12-18-42(33-41)43-31-32-48-46(34-43)45-21-10-11-22-47(45)55(48)44-19-8-3-9-20-44/h1-34H/i3D,8D,9D,10D,11D,19D,20D,21D,22D,31D,32D,34D. The van der Waals surface area contributed by atoms with Gasteiger partial charge in [-0.2, -0.15) is 0 Å². The monoisotopic (exact) mass is 714 g/mol. The Morgan fingerprint density at radius 2 is 0.800 bits per heavy atom. The molecule has 0 spiro atoms. The molecule has 0 radical (unpaired) electrons. The minimum Gasteiger partial charge on any atom is -0.309 e. The Morgan fingerprint density at radius 1 is 0.345 bits per heavy atom. The van der Waals surface area contributed by atoms with E-state index in [1.807, 2.05) is 103 Å². The SMILES string of the molecule is [2H]c1c([2H])c([2H])c(-n2c3c([2H])c([2H])c([2H])c([2H])c3c3c([2H])c(-c4cccc(-c5ccc(-c6nc(-c7ccccc7)nc(-c7ccc(-c8ccccc8)cc7)n6)cc5)c4)c([2H])c([2H])c32)c([2H])c1[2H]. The van der Waals surface area contributed by atoms with Crippen molar-refractivity contribution in [3.63, 3.8) is 0 Å². The predicted molar refractivity (Wildman–Crippen MR) is 227 cm³/mol. The third kappa shape index (κ3) is 6.16. The Labute approximate surface area is 336 Å². The van der Waals surface area contributed by atoms with Gasteiger partial charge in [0.05, 0.1) is 27.5 Å². The van der Waals surface area contributed by atoms with Gasteiger partial charge in [-0.15, -0.1) is 0 Å². The van der Waals surface area contributed by atoms with Crippen LogP contribution in [0, 0.1) is 0 Å². The molecule has 258 valence electrons. The summed E-state index contributed by atoms with van der Waals surface area (Å²) in [5, 5.41) is -0.307. The van der Waals surface area contributed by atoms with Crippen LogP contribution in [0.25, 0.3) is 95.0 Å². The number of nitrogens with zero attached hydrogens (tertiary/aromatic N) is 4. The van der Waals surface area contributed by atoms with Gasteiger partial charge in [-0.25, -0.2) is 15.0 Å². The summed E-state index contributed by atoms with van der Waals surface area (Å²) in [6, 6.07) is 35.4. The maximum absolute atomic E-state index is 9.61. The molecule has 0 unspecified atom stereocenters. The third-order valence-corrected chi connectivity index (χ3v) is 9.41. The summed E-state index contributed by atoms with van der Waals surface area (Å²) < 4.78 is 107. The van der Waals surface area contributed by atoms with E-state index in [-0.39, 0.29) is 33.4 Å². The normalized spacial score (nSPS) is 14.3. The Kier molecular flexibility index (Phi) is 5.52. The summed E-state index contributed by atoms with van der Waals surface area (Å²) in [6.45, 7) is 0. The molecule has 0 saturated carbocycles. The van der Waals surface area contributed by atoms with Crippen molar-refractivity contribution in [2.45, 2.75) is 0 Å². The molecule has 4 nitrogen and oxygen atoms in total. The van der Waals surface area contributed by atoms with Gasteiger partial charge < -0.3 is 4.57 Å². The van der Waals surface area contributed by atoms with Crippen LogP contribution in [-0.2, 0) is 0 Å². The molecule has 8 aromatic carbocycles. The molecule has 0 aliphatic heterocycles. The van der Waals surface area contributed by atoms with E-state index in [0.29, 0.717) is 28.6 Å². The van der Waals surface area contributed by atoms with Gasteiger partial charge in [0.15, 0.2) is 17.5 Å². The third-order valence-electron chi connectivity index (χ3n) is 9.41. The number of fused-ring (bicyclic) bond motifs is 3. The molecule has 10 rings (SSSR count). The highest BCUT2D eigenvalue weighted by atomic mass is 15.0. The molecule has 0 fully saturated rings. The summed E-state index contributed by atoms with van der Waals surface area (Å²) in [6.07, 6.45) is 0. The lowest BCUT2D eigenvalue weighted by Gasteiger charge is -2.10. The number of para-hydroxylation sites is 2. The van der Waals surface area contributed by atoms with E-state index in [4.69, 9.17) is 27.3 Å². The molecule has 55 heavy (non-hydrogen) atoms. The van der Waals surface area contributed by atoms with Crippen LogP contribution in [-0.4, -0.2) is 19.5 Å². The molecular weight excluding hydrogens is 669 g/mol. The first-order valence-corrected chi connectivity index (χ1v) is 17.5. The fourth-order valence-corrected chi connectivity index (χ4v) is 6.70. The van der Waals surface area contributed by atoms with E-state index in [9.17, 15) is 4.11 Å². The minimum atomic E-state index is -0.697. The fourth-order valence-electron chi connectivity index (χ4n) is 6.70. The maximum atomic E-state index is 9.61. The average Bonchev–Trinajstić information content (AvgIpc) is 3.72. The second kappa shape index (κ2) is 13.8. The lowest BCUT2D eigenvalue weighted by atomic mass is 9.97. The Bertz CT molecular complexity index is 3610. The van der Waals surface area contributed by atoms with Crippen molar-refractivity contribution >= 4 is 21.8 Å². The van der Waals surface area contributed by atoms with Crippen molar-refractivity contribution in [1.29, 1.82) is 0 Å². The van der Waals surface area contributed by atoms with E-state index >= 15 is 0 Å². The maximum Gasteiger partial charge on any atom is 0.164 e. The van der Waals surface area contributed by atoms with Crippen LogP contribution >= 0.6 is 0 Å². The summed E-state index contributed by atoms with van der Waals surface area (Å²) in [5.74, 6) is 1.49. The molecule has 0 amide bonds. The molecule has 0 atom stereocenters. The van der Waals surface area contributed by atoms with Crippen molar-refractivity contribution in [3.8, 4) is 73.2 Å². The van der Waals surface area contributed by atoms with Gasteiger partial charge in [-0.05, 0) is 69.7 Å². The molecule has 2 aromatic heterocycles. The zero-order valence-corrected chi connectivity index (χ0v) is 29.0. The van der Waals surface area contributed by atoms with Crippen LogP contribution < -0.4 is 0 Å². The second-order valence-electron chi connectivity index (χ2n) is 12.8. The molecule has 2 heterocycles. The Balaban J connectivity index is 1.08. The summed E-state index contributed by atoms with van der Waals surface area (Å²) in [7, 11) is 0.